The lowest BCUT2D eigenvalue weighted by molar-refractivity contribution is -0.115. The zero-order chi connectivity index (χ0) is 21.1. The quantitative estimate of drug-likeness (QED) is 0.366. The molecular weight excluding hydrogens is 396 g/mol. The molecule has 0 spiro atoms. The molecule has 0 saturated carbocycles. The topological polar surface area (TPSA) is 83.8 Å². The minimum atomic E-state index is -0.383. The molecule has 4 aromatic rings. The van der Waals surface area contributed by atoms with Crippen molar-refractivity contribution >= 4 is 34.3 Å². The smallest absolute Gasteiger partial charge is 0.277 e. The predicted octanol–water partition coefficient (Wildman–Crippen LogP) is 5.85. The Morgan fingerprint density at radius 3 is 2.73 bits per heavy atom. The Morgan fingerprint density at radius 2 is 1.90 bits per heavy atom. The Kier molecular flexibility index (Phi) is 5.90. The average Bonchev–Trinajstić information content (AvgIpc) is 3.40. The van der Waals surface area contributed by atoms with Crippen molar-refractivity contribution in [1.82, 2.24) is 15.2 Å². The lowest BCUT2D eigenvalue weighted by atomic mass is 9.97. The van der Waals surface area contributed by atoms with E-state index in [1.165, 1.54) is 11.8 Å². The highest BCUT2D eigenvalue weighted by Crippen LogP contribution is 2.32. The van der Waals surface area contributed by atoms with Crippen LogP contribution < -0.4 is 5.32 Å². The van der Waals surface area contributed by atoms with Crippen LogP contribution in [0.1, 0.15) is 38.7 Å². The highest BCUT2D eigenvalue weighted by molar-refractivity contribution is 8.00. The minimum absolute atomic E-state index is 0.0948. The first-order valence-electron chi connectivity index (χ1n) is 10.0. The van der Waals surface area contributed by atoms with Gasteiger partial charge in [-0.25, -0.2) is 0 Å². The number of thioether (sulfide) groups is 1. The van der Waals surface area contributed by atoms with Gasteiger partial charge in [0.15, 0.2) is 0 Å². The van der Waals surface area contributed by atoms with Crippen molar-refractivity contribution in [3.8, 4) is 11.5 Å². The first-order chi connectivity index (χ1) is 14.6. The summed E-state index contributed by atoms with van der Waals surface area (Å²) in [5.74, 6) is 0.714. The maximum atomic E-state index is 12.8. The van der Waals surface area contributed by atoms with Crippen LogP contribution in [0.25, 0.3) is 22.4 Å². The molecule has 2 N–H and O–H groups in total. The van der Waals surface area contributed by atoms with Crippen molar-refractivity contribution in [2.45, 2.75) is 43.6 Å². The van der Waals surface area contributed by atoms with E-state index in [1.54, 1.807) is 0 Å². The van der Waals surface area contributed by atoms with Gasteiger partial charge in [-0.3, -0.25) is 4.79 Å². The molecule has 0 saturated heterocycles. The van der Waals surface area contributed by atoms with Crippen molar-refractivity contribution in [3.05, 3.63) is 60.3 Å². The van der Waals surface area contributed by atoms with E-state index in [9.17, 15) is 4.79 Å². The summed E-state index contributed by atoms with van der Waals surface area (Å²) in [5, 5.41) is 12.3. The van der Waals surface area contributed by atoms with Gasteiger partial charge in [0, 0.05) is 22.8 Å². The zero-order valence-electron chi connectivity index (χ0n) is 17.2. The van der Waals surface area contributed by atoms with Crippen LogP contribution >= 0.6 is 11.8 Å². The van der Waals surface area contributed by atoms with Crippen LogP contribution in [0.5, 0.6) is 0 Å². The molecule has 0 unspecified atom stereocenters. The van der Waals surface area contributed by atoms with Crippen LogP contribution in [0.15, 0.2) is 64.4 Å². The number of fused-ring (bicyclic) bond motifs is 1. The summed E-state index contributed by atoms with van der Waals surface area (Å²) in [6.45, 7) is 6.14. The number of rotatable bonds is 7. The molecule has 0 fully saturated rings. The van der Waals surface area contributed by atoms with E-state index in [0.29, 0.717) is 17.0 Å². The predicted molar refractivity (Wildman–Crippen MR) is 121 cm³/mol. The van der Waals surface area contributed by atoms with Crippen LogP contribution in [0.2, 0.25) is 0 Å². The number of para-hydroxylation sites is 2. The molecule has 30 heavy (non-hydrogen) atoms. The number of aromatic nitrogens is 3. The SMILES string of the molecule is CC[C@H](C)c1ccccc1NC(=O)[C@H](C)Sc1nnc(-c2c[nH]c3ccccc23)o1. The molecule has 0 bridgehead atoms. The van der Waals surface area contributed by atoms with Crippen molar-refractivity contribution in [1.29, 1.82) is 0 Å². The summed E-state index contributed by atoms with van der Waals surface area (Å²) in [6.07, 6.45) is 2.87. The molecule has 2 heterocycles. The normalized spacial score (nSPS) is 13.3. The Bertz CT molecular complexity index is 1170. The number of hydrogen-bond donors (Lipinski definition) is 2. The summed E-state index contributed by atoms with van der Waals surface area (Å²) in [5.41, 5.74) is 3.86. The number of amides is 1. The van der Waals surface area contributed by atoms with Gasteiger partial charge in [-0.2, -0.15) is 0 Å². The number of carbonyl (C=O) groups excluding carboxylic acids is 1. The van der Waals surface area contributed by atoms with E-state index in [1.807, 2.05) is 55.6 Å². The molecule has 4 rings (SSSR count). The number of hydrogen-bond acceptors (Lipinski definition) is 5. The van der Waals surface area contributed by atoms with Crippen molar-refractivity contribution in [2.24, 2.45) is 0 Å². The second kappa shape index (κ2) is 8.75. The van der Waals surface area contributed by atoms with Crippen molar-refractivity contribution in [2.75, 3.05) is 5.32 Å². The Labute approximate surface area is 179 Å². The average molecular weight is 421 g/mol. The van der Waals surface area contributed by atoms with Crippen LogP contribution in [-0.2, 0) is 4.79 Å². The third kappa shape index (κ3) is 4.11. The standard InChI is InChI=1S/C23H24N4O2S/c1-4-14(2)16-9-5-8-12-20(16)25-21(28)15(3)30-23-27-26-22(29-23)18-13-24-19-11-7-6-10-17(18)19/h5-15,24H,4H2,1-3H3,(H,25,28)/t14-,15-/m0/s1. The molecule has 0 aliphatic rings. The minimum Gasteiger partial charge on any atom is -0.411 e. The molecular formula is C23H24N4O2S. The van der Waals surface area contributed by atoms with Gasteiger partial charge in [-0.05, 0) is 37.0 Å². The number of benzene rings is 2. The lowest BCUT2D eigenvalue weighted by Gasteiger charge is -2.17. The van der Waals surface area contributed by atoms with Gasteiger partial charge >= 0.3 is 0 Å². The second-order valence-corrected chi connectivity index (χ2v) is 8.56. The van der Waals surface area contributed by atoms with Gasteiger partial charge in [0.05, 0.1) is 10.8 Å². The van der Waals surface area contributed by atoms with Crippen LogP contribution in [0.3, 0.4) is 0 Å². The third-order valence-corrected chi connectivity index (χ3v) is 6.17. The van der Waals surface area contributed by atoms with Crippen LogP contribution in [0, 0.1) is 0 Å². The Hall–Kier alpha value is -3.06. The fourth-order valence-corrected chi connectivity index (χ4v) is 4.00. The fraction of sp³-hybridized carbons (Fsp3) is 0.261. The number of H-pyrrole nitrogens is 1. The summed E-state index contributed by atoms with van der Waals surface area (Å²) in [6, 6.07) is 15.9. The molecule has 2 aromatic carbocycles. The monoisotopic (exact) mass is 420 g/mol. The zero-order valence-corrected chi connectivity index (χ0v) is 18.0. The van der Waals surface area contributed by atoms with Gasteiger partial charge in [0.25, 0.3) is 11.1 Å². The van der Waals surface area contributed by atoms with Gasteiger partial charge in [0.2, 0.25) is 5.91 Å². The molecule has 0 aliphatic carbocycles. The summed E-state index contributed by atoms with van der Waals surface area (Å²) < 4.78 is 5.83. The maximum Gasteiger partial charge on any atom is 0.277 e. The molecule has 0 radical (unpaired) electrons. The van der Waals surface area contributed by atoms with E-state index < -0.39 is 0 Å². The lowest BCUT2D eigenvalue weighted by Crippen LogP contribution is -2.23. The number of nitrogens with one attached hydrogen (secondary N) is 2. The maximum absolute atomic E-state index is 12.8. The van der Waals surface area contributed by atoms with Crippen LogP contribution in [0.4, 0.5) is 5.69 Å². The highest BCUT2D eigenvalue weighted by atomic mass is 32.2. The van der Waals surface area contributed by atoms with E-state index >= 15 is 0 Å². The molecule has 2 aromatic heterocycles. The Morgan fingerprint density at radius 1 is 1.13 bits per heavy atom. The van der Waals surface area contributed by atoms with Crippen molar-refractivity contribution in [3.63, 3.8) is 0 Å². The van der Waals surface area contributed by atoms with E-state index in [-0.39, 0.29) is 11.2 Å². The molecule has 0 aliphatic heterocycles. The Balaban J connectivity index is 1.46. The third-order valence-electron chi connectivity index (χ3n) is 5.23. The van der Waals surface area contributed by atoms with Gasteiger partial charge < -0.3 is 14.7 Å². The second-order valence-electron chi connectivity index (χ2n) is 7.27. The molecule has 2 atom stereocenters. The summed E-state index contributed by atoms with van der Waals surface area (Å²) in [7, 11) is 0. The van der Waals surface area contributed by atoms with Crippen LogP contribution in [-0.4, -0.2) is 26.3 Å². The first-order valence-corrected chi connectivity index (χ1v) is 10.9. The van der Waals surface area contributed by atoms with Crippen molar-refractivity contribution < 1.29 is 9.21 Å². The van der Waals surface area contributed by atoms with Gasteiger partial charge in [-0.1, -0.05) is 62.0 Å². The molecule has 7 heteroatoms. The molecule has 154 valence electrons. The van der Waals surface area contributed by atoms with E-state index in [0.717, 1.165) is 34.1 Å². The summed E-state index contributed by atoms with van der Waals surface area (Å²) in [4.78, 5) is 16.0. The number of carbonyl (C=O) groups is 1. The fourth-order valence-electron chi connectivity index (χ4n) is 3.31. The molecule has 1 amide bonds. The number of aromatic amines is 1. The van der Waals surface area contributed by atoms with Gasteiger partial charge in [0.1, 0.15) is 0 Å². The van der Waals surface area contributed by atoms with Gasteiger partial charge in [-0.15, -0.1) is 10.2 Å². The summed E-state index contributed by atoms with van der Waals surface area (Å²) >= 11 is 1.25. The number of anilines is 1. The van der Waals surface area contributed by atoms with E-state index in [4.69, 9.17) is 4.42 Å². The number of nitrogens with zero attached hydrogens (tertiary/aromatic N) is 2. The largest absolute Gasteiger partial charge is 0.411 e. The molecule has 6 nitrogen and oxygen atoms in total. The first kappa shape index (κ1) is 20.2. The van der Waals surface area contributed by atoms with E-state index in [2.05, 4.69) is 40.4 Å². The highest BCUT2D eigenvalue weighted by Gasteiger charge is 2.21.